The third kappa shape index (κ3) is 3.73. The number of hydrogen-bond donors (Lipinski definition) is 2. The number of hydrogen-bond acceptors (Lipinski definition) is 5. The maximum atomic E-state index is 11.9. The van der Waals surface area contributed by atoms with Crippen LogP contribution in [0.3, 0.4) is 0 Å². The van der Waals surface area contributed by atoms with Gasteiger partial charge in [-0.2, -0.15) is 0 Å². The van der Waals surface area contributed by atoms with Gasteiger partial charge >= 0.3 is 0 Å². The highest BCUT2D eigenvalue weighted by molar-refractivity contribution is 7.13. The molecule has 0 saturated heterocycles. The third-order valence-corrected chi connectivity index (χ3v) is 4.58. The van der Waals surface area contributed by atoms with Crippen molar-refractivity contribution < 1.29 is 9.53 Å². The first-order valence-electron chi connectivity index (χ1n) is 8.16. The Bertz CT molecular complexity index is 1010. The molecule has 130 valence electrons. The van der Waals surface area contributed by atoms with E-state index < -0.39 is 0 Å². The number of fused-ring (bicyclic) bond motifs is 1. The van der Waals surface area contributed by atoms with Crippen molar-refractivity contribution in [2.45, 2.75) is 12.8 Å². The van der Waals surface area contributed by atoms with E-state index in [-0.39, 0.29) is 5.91 Å². The zero-order valence-corrected chi connectivity index (χ0v) is 14.6. The van der Waals surface area contributed by atoms with Crippen LogP contribution in [0.5, 0.6) is 11.5 Å². The molecule has 1 aromatic carbocycles. The van der Waals surface area contributed by atoms with E-state index in [0.29, 0.717) is 18.0 Å². The average Bonchev–Trinajstić information content (AvgIpc) is 3.33. The quantitative estimate of drug-likeness (QED) is 0.532. The molecule has 0 radical (unpaired) electrons. The SMILES string of the molecule is O=C(CCc1ccc(Oc2ccnc3[nH]ccc23)cc1)Nc1nccs1. The number of amides is 1. The lowest BCUT2D eigenvalue weighted by molar-refractivity contribution is -0.116. The number of aryl methyl sites for hydroxylation is 1. The predicted molar refractivity (Wildman–Crippen MR) is 102 cm³/mol. The van der Waals surface area contributed by atoms with Gasteiger partial charge in [0.15, 0.2) is 5.13 Å². The molecule has 0 saturated carbocycles. The Labute approximate surface area is 153 Å². The first kappa shape index (κ1) is 16.3. The van der Waals surface area contributed by atoms with Crippen LogP contribution < -0.4 is 10.1 Å². The number of ether oxygens (including phenoxy) is 1. The summed E-state index contributed by atoms with van der Waals surface area (Å²) in [5.41, 5.74) is 1.87. The van der Waals surface area contributed by atoms with E-state index in [1.807, 2.05) is 48.0 Å². The lowest BCUT2D eigenvalue weighted by atomic mass is 10.1. The second kappa shape index (κ2) is 7.37. The van der Waals surface area contributed by atoms with Gasteiger partial charge in [-0.25, -0.2) is 9.97 Å². The number of benzene rings is 1. The van der Waals surface area contributed by atoms with Crippen molar-refractivity contribution in [2.24, 2.45) is 0 Å². The van der Waals surface area contributed by atoms with Gasteiger partial charge in [0, 0.05) is 30.4 Å². The van der Waals surface area contributed by atoms with Gasteiger partial charge in [-0.1, -0.05) is 12.1 Å². The van der Waals surface area contributed by atoms with Crippen LogP contribution in [-0.4, -0.2) is 20.9 Å². The summed E-state index contributed by atoms with van der Waals surface area (Å²) in [7, 11) is 0. The van der Waals surface area contributed by atoms with Crippen LogP contribution in [0, 0.1) is 0 Å². The van der Waals surface area contributed by atoms with Gasteiger partial charge in [-0.3, -0.25) is 4.79 Å². The standard InChI is InChI=1S/C19H16N4O2S/c24-17(23-19-22-11-12-26-19)6-3-13-1-4-14(5-2-13)25-16-8-10-21-18-15(16)7-9-20-18/h1-2,4-5,7-12H,3,6H2,(H,20,21)(H,22,23,24). The molecule has 4 aromatic rings. The zero-order chi connectivity index (χ0) is 17.8. The van der Waals surface area contributed by atoms with Gasteiger partial charge in [0.25, 0.3) is 0 Å². The van der Waals surface area contributed by atoms with E-state index in [2.05, 4.69) is 20.3 Å². The van der Waals surface area contributed by atoms with E-state index in [1.54, 1.807) is 12.4 Å². The fourth-order valence-electron chi connectivity index (χ4n) is 2.60. The normalized spacial score (nSPS) is 10.8. The molecular weight excluding hydrogens is 348 g/mol. The van der Waals surface area contributed by atoms with Crippen molar-refractivity contribution >= 4 is 33.4 Å². The van der Waals surface area contributed by atoms with E-state index in [1.165, 1.54) is 11.3 Å². The van der Waals surface area contributed by atoms with Crippen LogP contribution in [0.25, 0.3) is 11.0 Å². The zero-order valence-electron chi connectivity index (χ0n) is 13.8. The highest BCUT2D eigenvalue weighted by Crippen LogP contribution is 2.28. The molecule has 0 bridgehead atoms. The fourth-order valence-corrected chi connectivity index (χ4v) is 3.15. The smallest absolute Gasteiger partial charge is 0.226 e. The minimum Gasteiger partial charge on any atom is -0.457 e. The summed E-state index contributed by atoms with van der Waals surface area (Å²) in [6.07, 6.45) is 6.29. The highest BCUT2D eigenvalue weighted by Gasteiger charge is 2.07. The van der Waals surface area contributed by atoms with Crippen molar-refractivity contribution in [2.75, 3.05) is 5.32 Å². The molecule has 0 aliphatic carbocycles. The monoisotopic (exact) mass is 364 g/mol. The number of H-pyrrole nitrogens is 1. The van der Waals surface area contributed by atoms with E-state index in [4.69, 9.17) is 4.74 Å². The van der Waals surface area contributed by atoms with Crippen LogP contribution in [-0.2, 0) is 11.2 Å². The van der Waals surface area contributed by atoms with Crippen LogP contribution in [0.4, 0.5) is 5.13 Å². The van der Waals surface area contributed by atoms with Gasteiger partial charge < -0.3 is 15.0 Å². The number of carbonyl (C=O) groups excluding carboxylic acids is 1. The van der Waals surface area contributed by atoms with Gasteiger partial charge in [0.2, 0.25) is 5.91 Å². The molecule has 2 N–H and O–H groups in total. The molecule has 0 fully saturated rings. The summed E-state index contributed by atoms with van der Waals surface area (Å²) in [4.78, 5) is 23.3. The predicted octanol–water partition coefficient (Wildman–Crippen LogP) is 4.38. The molecule has 1 amide bonds. The minimum atomic E-state index is -0.0353. The Morgan fingerprint density at radius 2 is 2.00 bits per heavy atom. The molecule has 3 aromatic heterocycles. The number of pyridine rings is 1. The summed E-state index contributed by atoms with van der Waals surface area (Å²) >= 11 is 1.41. The second-order valence-electron chi connectivity index (χ2n) is 5.68. The summed E-state index contributed by atoms with van der Waals surface area (Å²) in [6, 6.07) is 11.5. The Hall–Kier alpha value is -3.19. The van der Waals surface area contributed by atoms with Crippen LogP contribution in [0.2, 0.25) is 0 Å². The number of aromatic amines is 1. The topological polar surface area (TPSA) is 79.9 Å². The Balaban J connectivity index is 1.36. The number of nitrogens with one attached hydrogen (secondary N) is 2. The Kier molecular flexibility index (Phi) is 4.61. The lowest BCUT2D eigenvalue weighted by Gasteiger charge is -2.08. The first-order valence-corrected chi connectivity index (χ1v) is 9.04. The summed E-state index contributed by atoms with van der Waals surface area (Å²) in [5.74, 6) is 1.47. The maximum Gasteiger partial charge on any atom is 0.226 e. The average molecular weight is 364 g/mol. The minimum absolute atomic E-state index is 0.0353. The number of aromatic nitrogens is 3. The van der Waals surface area contributed by atoms with Crippen molar-refractivity contribution in [3.63, 3.8) is 0 Å². The van der Waals surface area contributed by atoms with E-state index in [0.717, 1.165) is 28.1 Å². The highest BCUT2D eigenvalue weighted by atomic mass is 32.1. The number of nitrogens with zero attached hydrogens (tertiary/aromatic N) is 2. The van der Waals surface area contributed by atoms with Crippen molar-refractivity contribution in [3.05, 3.63) is 65.9 Å². The fraction of sp³-hybridized carbons (Fsp3) is 0.105. The second-order valence-corrected chi connectivity index (χ2v) is 6.58. The lowest BCUT2D eigenvalue weighted by Crippen LogP contribution is -2.11. The van der Waals surface area contributed by atoms with Gasteiger partial charge in [-0.05, 0) is 36.2 Å². The molecule has 0 aliphatic heterocycles. The van der Waals surface area contributed by atoms with Crippen LogP contribution in [0.1, 0.15) is 12.0 Å². The van der Waals surface area contributed by atoms with Gasteiger partial charge in [-0.15, -0.1) is 11.3 Å². The van der Waals surface area contributed by atoms with Crippen molar-refractivity contribution in [3.8, 4) is 11.5 Å². The van der Waals surface area contributed by atoms with E-state index in [9.17, 15) is 4.79 Å². The molecular formula is C19H16N4O2S. The molecule has 6 nitrogen and oxygen atoms in total. The molecule has 0 aliphatic rings. The van der Waals surface area contributed by atoms with Crippen LogP contribution >= 0.6 is 11.3 Å². The maximum absolute atomic E-state index is 11.9. The summed E-state index contributed by atoms with van der Waals surface area (Å²) in [5, 5.41) is 6.19. The van der Waals surface area contributed by atoms with E-state index >= 15 is 0 Å². The summed E-state index contributed by atoms with van der Waals surface area (Å²) in [6.45, 7) is 0. The number of rotatable bonds is 6. The van der Waals surface area contributed by atoms with Crippen molar-refractivity contribution in [1.29, 1.82) is 0 Å². The Morgan fingerprint density at radius 3 is 2.81 bits per heavy atom. The molecule has 7 heteroatoms. The number of carbonyl (C=O) groups is 1. The largest absolute Gasteiger partial charge is 0.457 e. The third-order valence-electron chi connectivity index (χ3n) is 3.89. The van der Waals surface area contributed by atoms with Crippen molar-refractivity contribution in [1.82, 2.24) is 15.0 Å². The molecule has 0 spiro atoms. The number of anilines is 1. The first-order chi connectivity index (χ1) is 12.8. The molecule has 26 heavy (non-hydrogen) atoms. The number of thiazole rings is 1. The van der Waals surface area contributed by atoms with Gasteiger partial charge in [0.05, 0.1) is 5.39 Å². The molecule has 4 rings (SSSR count). The Morgan fingerprint density at radius 1 is 1.12 bits per heavy atom. The van der Waals surface area contributed by atoms with Crippen LogP contribution in [0.15, 0.2) is 60.4 Å². The molecule has 0 unspecified atom stereocenters. The van der Waals surface area contributed by atoms with Gasteiger partial charge in [0.1, 0.15) is 17.1 Å². The molecule has 0 atom stereocenters. The summed E-state index contributed by atoms with van der Waals surface area (Å²) < 4.78 is 5.95. The molecule has 3 heterocycles.